The van der Waals surface area contributed by atoms with E-state index in [1.165, 1.54) is 59.5 Å². The molecule has 4 aromatic rings. The fraction of sp³-hybridized carbons (Fsp3) is 0.619. The highest BCUT2D eigenvalue weighted by atomic mass is 32.1. The first-order valence-electron chi connectivity index (χ1n) is 30.5. The van der Waals surface area contributed by atoms with E-state index in [4.69, 9.17) is 48.2 Å². The van der Waals surface area contributed by atoms with Crippen LogP contribution in [0, 0.1) is 23.7 Å². The van der Waals surface area contributed by atoms with Crippen molar-refractivity contribution in [2.24, 2.45) is 23.7 Å². The molecular formula is C63H78F6N2O14S2. The second-order valence-electron chi connectivity index (χ2n) is 24.5. The van der Waals surface area contributed by atoms with Gasteiger partial charge in [0, 0.05) is 78.0 Å². The van der Waals surface area contributed by atoms with Gasteiger partial charge in [-0.1, -0.05) is 43.9 Å². The Morgan fingerprint density at radius 1 is 0.552 bits per heavy atom. The van der Waals surface area contributed by atoms with Crippen molar-refractivity contribution in [2.45, 2.75) is 151 Å². The maximum Gasteiger partial charge on any atom is 0.430 e. The van der Waals surface area contributed by atoms with Gasteiger partial charge in [-0.25, -0.2) is 9.59 Å². The SMILES string of the molecule is O=C(OC1C[N+]2(CCCOc3ccc4c(c3)OCO4)CCC1CC2)[C@](O)(c1cccs1)C1CCCC1.O=C(O[C@H]1C[N+]2(CCCOc3ccc4c(c3)CCCC4)CCC1CC2)[C@](O)(c1cccs1)C1CCCC1.O=C([O-])C(F)(F)F.O=C([O-])C(F)(F)F. The van der Waals surface area contributed by atoms with E-state index in [9.17, 15) is 46.1 Å². The average molecular weight is 1270 g/mol. The van der Waals surface area contributed by atoms with Crippen molar-refractivity contribution in [3.05, 3.63) is 92.3 Å². The predicted octanol–water partition coefficient (Wildman–Crippen LogP) is 8.70. The fourth-order valence-electron chi connectivity index (χ4n) is 14.4. The minimum Gasteiger partial charge on any atom is -0.542 e. The molecule has 9 heterocycles. The summed E-state index contributed by atoms with van der Waals surface area (Å²) in [7, 11) is 0. The summed E-state index contributed by atoms with van der Waals surface area (Å²) >= 11 is 2.93. The Hall–Kier alpha value is -5.66. The number of piperidine rings is 6. The number of alkyl halides is 6. The number of carboxylic acids is 2. The van der Waals surface area contributed by atoms with Gasteiger partial charge in [-0.3, -0.25) is 0 Å². The van der Waals surface area contributed by atoms with E-state index in [-0.39, 0.29) is 30.8 Å². The summed E-state index contributed by atoms with van der Waals surface area (Å²) in [6.07, 6.45) is 8.45. The third-order valence-electron chi connectivity index (χ3n) is 19.1. The number of fused-ring (bicyclic) bond motifs is 8. The van der Waals surface area contributed by atoms with Crippen LogP contribution in [0.25, 0.3) is 0 Å². The fourth-order valence-corrected chi connectivity index (χ4v) is 16.1. The highest BCUT2D eigenvalue weighted by molar-refractivity contribution is 7.10. The number of hydrogen-bond donors (Lipinski definition) is 2. The van der Waals surface area contributed by atoms with E-state index in [1.807, 2.05) is 53.2 Å². The minimum absolute atomic E-state index is 0.0383. The van der Waals surface area contributed by atoms with Gasteiger partial charge >= 0.3 is 24.3 Å². The van der Waals surface area contributed by atoms with Crippen molar-refractivity contribution in [2.75, 3.05) is 72.4 Å². The zero-order valence-electron chi connectivity index (χ0n) is 48.7. The van der Waals surface area contributed by atoms with Crippen LogP contribution >= 0.6 is 22.7 Å². The number of aliphatic carboxylic acids is 2. The minimum atomic E-state index is -5.19. The average Bonchev–Trinajstić information content (AvgIpc) is 2.02. The Morgan fingerprint density at radius 2 is 0.966 bits per heavy atom. The van der Waals surface area contributed by atoms with E-state index in [0.717, 1.165) is 191 Å². The van der Waals surface area contributed by atoms with Crippen LogP contribution in [0.15, 0.2) is 71.4 Å². The van der Waals surface area contributed by atoms with Gasteiger partial charge in [0.1, 0.15) is 36.5 Å². The normalized spacial score (nSPS) is 26.0. The Balaban J connectivity index is 0.000000170. The summed E-state index contributed by atoms with van der Waals surface area (Å²) in [6, 6.07) is 19.9. The number of ether oxygens (including phenoxy) is 6. The number of halogens is 6. The molecule has 2 N–H and O–H groups in total. The van der Waals surface area contributed by atoms with Gasteiger partial charge in [-0.05, 0) is 110 Å². The molecule has 4 atom stereocenters. The standard InChI is InChI=1S/C31H42NO4S.C28H36NO6S.2C2HF3O2/c33-30(31(34,26-9-3-4-10-26)29-11-5-20-37-29)36-28-22-32(17-14-24(28)15-18-32)16-6-19-35-27-13-12-23-7-1-2-8-25(23)21-27;30-27(28(31,21-5-1-2-6-21)26-7-3-16-36-26)35-25-18-29(13-10-20(25)11-14-29)12-4-15-32-22-8-9-23-24(17-22)34-19-33-23;2*3-2(4,5)1(6)7/h5,11-13,20-21,24,26,28,34H,1-4,6-10,14-19,22H2;3,7-9,16-17,20-21,25,31H,1-2,4-6,10-15,18-19H2;2*(H,6,7)/q2*+1;;/p-2/t24?,28-,31+,32?;20?,25?,28-,29?;;/m01../s1. The van der Waals surface area contributed by atoms with Crippen molar-refractivity contribution >= 4 is 46.6 Å². The second kappa shape index (κ2) is 28.4. The Morgan fingerprint density at radius 3 is 1.39 bits per heavy atom. The van der Waals surface area contributed by atoms with Gasteiger partial charge < -0.3 is 67.4 Å². The van der Waals surface area contributed by atoms with Gasteiger partial charge in [-0.15, -0.1) is 22.7 Å². The number of esters is 2. The zero-order valence-corrected chi connectivity index (χ0v) is 50.3. The molecule has 24 heteroatoms. The van der Waals surface area contributed by atoms with E-state index in [0.29, 0.717) is 18.4 Å². The van der Waals surface area contributed by atoms with Crippen LogP contribution in [0.1, 0.15) is 124 Å². The Labute approximate surface area is 510 Å². The second-order valence-corrected chi connectivity index (χ2v) is 26.4. The number of benzene rings is 2. The van der Waals surface area contributed by atoms with Crippen molar-refractivity contribution in [1.29, 1.82) is 0 Å². The topological polar surface area (TPSA) is 210 Å². The molecule has 16 nitrogen and oxygen atoms in total. The number of nitrogens with zero attached hydrogens (tertiary/aromatic N) is 2. The lowest BCUT2D eigenvalue weighted by atomic mass is 9.82. The smallest absolute Gasteiger partial charge is 0.430 e. The molecule has 4 bridgehead atoms. The van der Waals surface area contributed by atoms with Crippen molar-refractivity contribution in [1.82, 2.24) is 0 Å². The molecule has 8 fully saturated rings. The Kier molecular flexibility index (Phi) is 21.5. The third kappa shape index (κ3) is 16.0. The predicted molar refractivity (Wildman–Crippen MR) is 303 cm³/mol. The van der Waals surface area contributed by atoms with Crippen molar-refractivity contribution in [3.63, 3.8) is 0 Å². The number of hydrogen-bond acceptors (Lipinski definition) is 16. The molecule has 2 aromatic carbocycles. The molecule has 0 radical (unpaired) electrons. The van der Waals surface area contributed by atoms with Crippen molar-refractivity contribution < 1.29 is 103 Å². The molecule has 6 saturated heterocycles. The van der Waals surface area contributed by atoms with E-state index in [2.05, 4.69) is 18.2 Å². The van der Waals surface area contributed by atoms with E-state index < -0.39 is 47.4 Å². The van der Waals surface area contributed by atoms with Crippen LogP contribution in [0.3, 0.4) is 0 Å². The molecule has 2 aromatic heterocycles. The number of carbonyl (C=O) groups is 4. The molecule has 0 spiro atoms. The maximum atomic E-state index is 13.6. The summed E-state index contributed by atoms with van der Waals surface area (Å²) in [5.74, 6) is -2.83. The highest BCUT2D eigenvalue weighted by Crippen LogP contribution is 2.47. The lowest BCUT2D eigenvalue weighted by Crippen LogP contribution is -2.65. The van der Waals surface area contributed by atoms with Gasteiger partial charge in [0.2, 0.25) is 6.79 Å². The van der Waals surface area contributed by atoms with Crippen molar-refractivity contribution in [3.8, 4) is 23.0 Å². The summed E-state index contributed by atoms with van der Waals surface area (Å²) in [5, 5.41) is 45.0. The molecule has 2 saturated carbocycles. The van der Waals surface area contributed by atoms with Gasteiger partial charge in [0.25, 0.3) is 0 Å². The number of carboxylic acid groups (broad SMARTS) is 2. The van der Waals surface area contributed by atoms with Crippen LogP contribution in [-0.4, -0.2) is 140 Å². The number of aliphatic hydroxyl groups is 2. The largest absolute Gasteiger partial charge is 0.542 e. The van der Waals surface area contributed by atoms with Crippen LogP contribution in [-0.2, 0) is 52.7 Å². The van der Waals surface area contributed by atoms with Crippen LogP contribution in [0.4, 0.5) is 26.3 Å². The molecule has 87 heavy (non-hydrogen) atoms. The molecular weight excluding hydrogens is 1190 g/mol. The van der Waals surface area contributed by atoms with E-state index in [1.54, 1.807) is 0 Å². The van der Waals surface area contributed by atoms with Gasteiger partial charge in [-0.2, -0.15) is 26.3 Å². The molecule has 0 amide bonds. The zero-order chi connectivity index (χ0) is 62.0. The molecule has 1 unspecified atom stereocenters. The first-order valence-corrected chi connectivity index (χ1v) is 32.2. The molecule has 10 aliphatic rings. The number of quaternary nitrogens is 2. The summed E-state index contributed by atoms with van der Waals surface area (Å²) < 4.78 is 101. The molecule has 7 aliphatic heterocycles. The summed E-state index contributed by atoms with van der Waals surface area (Å²) in [5.41, 5.74) is -0.0503. The van der Waals surface area contributed by atoms with E-state index >= 15 is 0 Å². The lowest BCUT2D eigenvalue weighted by molar-refractivity contribution is -0.946. The van der Waals surface area contributed by atoms with Crippen LogP contribution in [0.5, 0.6) is 23.0 Å². The summed E-state index contributed by atoms with van der Waals surface area (Å²) in [6.45, 7) is 9.97. The quantitative estimate of drug-likeness (QED) is 0.0413. The highest BCUT2D eigenvalue weighted by Gasteiger charge is 2.55. The van der Waals surface area contributed by atoms with Crippen LogP contribution in [0.2, 0.25) is 0 Å². The Bertz CT molecular complexity index is 2900. The monoisotopic (exact) mass is 1260 g/mol. The maximum absolute atomic E-state index is 13.6. The summed E-state index contributed by atoms with van der Waals surface area (Å²) in [4.78, 5) is 46.3. The molecule has 14 rings (SSSR count). The number of thiophene rings is 2. The first-order chi connectivity index (χ1) is 41.5. The van der Waals surface area contributed by atoms with Gasteiger partial charge in [0.15, 0.2) is 34.9 Å². The molecule has 478 valence electrons. The number of carbonyl (C=O) groups excluding carboxylic acids is 4. The van der Waals surface area contributed by atoms with Crippen LogP contribution < -0.4 is 29.2 Å². The first kappa shape index (κ1) is 65.8. The number of aryl methyl sites for hydroxylation is 2. The van der Waals surface area contributed by atoms with Gasteiger partial charge in [0.05, 0.1) is 52.5 Å². The lowest BCUT2D eigenvalue weighted by Gasteiger charge is -2.52. The number of rotatable bonds is 18. The third-order valence-corrected chi connectivity index (χ3v) is 21.1. The molecule has 3 aliphatic carbocycles.